The molecule has 1 aromatic heterocycles. The first-order chi connectivity index (χ1) is 13.5. The van der Waals surface area contributed by atoms with Crippen LogP contribution in [0.3, 0.4) is 0 Å². The van der Waals surface area contributed by atoms with Crippen molar-refractivity contribution in [2.45, 2.75) is 25.2 Å². The summed E-state index contributed by atoms with van der Waals surface area (Å²) < 4.78 is 5.05. The van der Waals surface area contributed by atoms with Gasteiger partial charge < -0.3 is 15.1 Å². The van der Waals surface area contributed by atoms with Crippen LogP contribution in [0.2, 0.25) is 0 Å². The predicted octanol–water partition coefficient (Wildman–Crippen LogP) is 5.27. The molecular formula is C22H22N2O3S. The number of aryl methyl sites for hydroxylation is 2. The van der Waals surface area contributed by atoms with Gasteiger partial charge in [0.1, 0.15) is 0 Å². The van der Waals surface area contributed by atoms with Crippen molar-refractivity contribution in [3.8, 4) is 0 Å². The zero-order valence-electron chi connectivity index (χ0n) is 15.8. The van der Waals surface area contributed by atoms with E-state index >= 15 is 0 Å². The summed E-state index contributed by atoms with van der Waals surface area (Å²) in [7, 11) is 0. The van der Waals surface area contributed by atoms with E-state index in [1.165, 1.54) is 22.3 Å². The topological polar surface area (TPSA) is 71.3 Å². The Morgan fingerprint density at radius 1 is 0.929 bits per heavy atom. The predicted molar refractivity (Wildman–Crippen MR) is 113 cm³/mol. The number of thioether (sulfide) groups is 1. The normalized spacial score (nSPS) is 10.5. The van der Waals surface area contributed by atoms with Crippen molar-refractivity contribution < 1.29 is 14.0 Å². The van der Waals surface area contributed by atoms with Gasteiger partial charge in [0, 0.05) is 28.4 Å². The Balaban J connectivity index is 1.45. The molecule has 0 saturated carbocycles. The van der Waals surface area contributed by atoms with Gasteiger partial charge in [0.05, 0.1) is 6.26 Å². The average molecular weight is 394 g/mol. The first kappa shape index (κ1) is 19.8. The van der Waals surface area contributed by atoms with E-state index in [9.17, 15) is 9.59 Å². The van der Waals surface area contributed by atoms with E-state index in [4.69, 9.17) is 4.42 Å². The molecule has 0 saturated heterocycles. The highest BCUT2D eigenvalue weighted by molar-refractivity contribution is 7.99. The summed E-state index contributed by atoms with van der Waals surface area (Å²) >= 11 is 1.67. The van der Waals surface area contributed by atoms with Gasteiger partial charge in [-0.2, -0.15) is 0 Å². The molecule has 2 amide bonds. The molecule has 2 aromatic carbocycles. The highest BCUT2D eigenvalue weighted by Gasteiger charge is 2.09. The molecule has 3 rings (SSSR count). The molecule has 2 N–H and O–H groups in total. The number of rotatable bonds is 7. The first-order valence-corrected chi connectivity index (χ1v) is 9.94. The lowest BCUT2D eigenvalue weighted by molar-refractivity contribution is -0.115. The quantitative estimate of drug-likeness (QED) is 0.536. The average Bonchev–Trinajstić information content (AvgIpc) is 3.21. The molecule has 0 unspecified atom stereocenters. The number of amides is 2. The molecule has 0 radical (unpaired) electrons. The summed E-state index contributed by atoms with van der Waals surface area (Å²) in [6.07, 6.45) is 1.88. The lowest BCUT2D eigenvalue weighted by atomic mass is 10.1. The highest BCUT2D eigenvalue weighted by atomic mass is 32.2. The van der Waals surface area contributed by atoms with E-state index < -0.39 is 0 Å². The molecule has 0 fully saturated rings. The molecule has 0 aliphatic carbocycles. The zero-order valence-corrected chi connectivity index (χ0v) is 16.6. The first-order valence-electron chi connectivity index (χ1n) is 8.96. The third-order valence-corrected chi connectivity index (χ3v) is 5.24. The maximum absolute atomic E-state index is 12.1. The molecule has 1 heterocycles. The van der Waals surface area contributed by atoms with Gasteiger partial charge in [-0.3, -0.25) is 9.59 Å². The van der Waals surface area contributed by atoms with Crippen molar-refractivity contribution >= 4 is 35.0 Å². The molecule has 6 heteroatoms. The fraction of sp³-hybridized carbons (Fsp3) is 0.182. The van der Waals surface area contributed by atoms with Crippen molar-refractivity contribution in [2.24, 2.45) is 0 Å². The Hall–Kier alpha value is -2.99. The summed E-state index contributed by atoms with van der Waals surface area (Å²) in [4.78, 5) is 25.2. The van der Waals surface area contributed by atoms with Gasteiger partial charge in [-0.25, -0.2) is 0 Å². The Morgan fingerprint density at radius 3 is 2.29 bits per heavy atom. The van der Waals surface area contributed by atoms with Gasteiger partial charge >= 0.3 is 0 Å². The lowest BCUT2D eigenvalue weighted by Gasteiger charge is -2.08. The number of hydrogen-bond acceptors (Lipinski definition) is 4. The van der Waals surface area contributed by atoms with E-state index in [-0.39, 0.29) is 17.6 Å². The fourth-order valence-electron chi connectivity index (χ4n) is 2.53. The van der Waals surface area contributed by atoms with Crippen LogP contribution in [0.5, 0.6) is 0 Å². The Bertz CT molecular complexity index is 950. The number of carbonyl (C=O) groups excluding carboxylic acids is 2. The third-order valence-electron chi connectivity index (χ3n) is 4.25. The number of hydrogen-bond donors (Lipinski definition) is 2. The Labute approximate surface area is 168 Å². The molecule has 5 nitrogen and oxygen atoms in total. The van der Waals surface area contributed by atoms with Crippen molar-refractivity contribution in [1.29, 1.82) is 0 Å². The van der Waals surface area contributed by atoms with Crippen molar-refractivity contribution in [2.75, 3.05) is 16.4 Å². The van der Waals surface area contributed by atoms with E-state index in [2.05, 4.69) is 42.7 Å². The van der Waals surface area contributed by atoms with Crippen LogP contribution in [0, 0.1) is 13.8 Å². The second-order valence-electron chi connectivity index (χ2n) is 6.40. The SMILES string of the molecule is Cc1ccc(SCCC(=O)Nc2ccc(NC(=O)c3ccco3)cc2)cc1C. The van der Waals surface area contributed by atoms with Crippen molar-refractivity contribution in [3.63, 3.8) is 0 Å². The molecular weight excluding hydrogens is 372 g/mol. The fourth-order valence-corrected chi connectivity index (χ4v) is 3.47. The summed E-state index contributed by atoms with van der Waals surface area (Å²) in [5, 5.41) is 5.61. The van der Waals surface area contributed by atoms with Gasteiger partial charge in [0.2, 0.25) is 5.91 Å². The third kappa shape index (κ3) is 5.50. The largest absolute Gasteiger partial charge is 0.459 e. The molecule has 28 heavy (non-hydrogen) atoms. The van der Waals surface area contributed by atoms with Crippen molar-refractivity contribution in [1.82, 2.24) is 0 Å². The summed E-state index contributed by atoms with van der Waals surface area (Å²) in [6, 6.07) is 16.6. The summed E-state index contributed by atoms with van der Waals surface area (Å²) in [5.41, 5.74) is 3.85. The smallest absolute Gasteiger partial charge is 0.291 e. The second-order valence-corrected chi connectivity index (χ2v) is 7.57. The molecule has 0 atom stereocenters. The van der Waals surface area contributed by atoms with E-state index in [1.807, 2.05) is 0 Å². The monoisotopic (exact) mass is 394 g/mol. The van der Waals surface area contributed by atoms with Gasteiger partial charge in [0.15, 0.2) is 5.76 Å². The summed E-state index contributed by atoms with van der Waals surface area (Å²) in [6.45, 7) is 4.18. The second kappa shape index (κ2) is 9.28. The minimum atomic E-state index is -0.315. The number of furan rings is 1. The summed E-state index contributed by atoms with van der Waals surface area (Å²) in [5.74, 6) is 0.610. The molecule has 0 aliphatic rings. The zero-order chi connectivity index (χ0) is 19.9. The molecule has 0 bridgehead atoms. The number of carbonyl (C=O) groups is 2. The van der Waals surface area contributed by atoms with Crippen LogP contribution >= 0.6 is 11.8 Å². The molecule has 0 spiro atoms. The molecule has 144 valence electrons. The van der Waals surface area contributed by atoms with Crippen molar-refractivity contribution in [3.05, 3.63) is 77.7 Å². The number of anilines is 2. The highest BCUT2D eigenvalue weighted by Crippen LogP contribution is 2.22. The van der Waals surface area contributed by atoms with Crippen LogP contribution < -0.4 is 10.6 Å². The van der Waals surface area contributed by atoms with Gasteiger partial charge in [-0.15, -0.1) is 11.8 Å². The molecule has 0 aliphatic heterocycles. The Morgan fingerprint density at radius 2 is 1.64 bits per heavy atom. The van der Waals surface area contributed by atoms with E-state index in [0.717, 1.165) is 0 Å². The van der Waals surface area contributed by atoms with Crippen LogP contribution in [0.15, 0.2) is 70.2 Å². The van der Waals surface area contributed by atoms with Crippen LogP contribution in [-0.4, -0.2) is 17.6 Å². The van der Waals surface area contributed by atoms with Crippen LogP contribution in [0.25, 0.3) is 0 Å². The minimum Gasteiger partial charge on any atom is -0.459 e. The molecule has 3 aromatic rings. The Kier molecular flexibility index (Phi) is 6.55. The maximum atomic E-state index is 12.1. The van der Waals surface area contributed by atoms with Crippen LogP contribution in [0.4, 0.5) is 11.4 Å². The van der Waals surface area contributed by atoms with Crippen LogP contribution in [-0.2, 0) is 4.79 Å². The number of benzene rings is 2. The van der Waals surface area contributed by atoms with Crippen LogP contribution in [0.1, 0.15) is 28.1 Å². The van der Waals surface area contributed by atoms with Gasteiger partial charge in [0.25, 0.3) is 5.91 Å². The van der Waals surface area contributed by atoms with E-state index in [1.54, 1.807) is 48.2 Å². The minimum absolute atomic E-state index is 0.0382. The maximum Gasteiger partial charge on any atom is 0.291 e. The standard InChI is InChI=1S/C22H22N2O3S/c1-15-5-10-19(14-16(15)2)28-13-11-21(25)23-17-6-8-18(9-7-17)24-22(26)20-4-3-12-27-20/h3-10,12,14H,11,13H2,1-2H3,(H,23,25)(H,24,26). The van der Waals surface area contributed by atoms with Gasteiger partial charge in [-0.05, 0) is 73.5 Å². The number of nitrogens with one attached hydrogen (secondary N) is 2. The van der Waals surface area contributed by atoms with Gasteiger partial charge in [-0.1, -0.05) is 6.07 Å². The lowest BCUT2D eigenvalue weighted by Crippen LogP contribution is -2.13. The van der Waals surface area contributed by atoms with E-state index in [0.29, 0.717) is 23.5 Å².